The number of pyridine rings is 1. The van der Waals surface area contributed by atoms with Crippen molar-refractivity contribution in [1.82, 2.24) is 9.71 Å². The molecule has 0 bridgehead atoms. The molecule has 0 aliphatic heterocycles. The van der Waals surface area contributed by atoms with E-state index in [0.717, 1.165) is 24.8 Å². The van der Waals surface area contributed by atoms with Crippen LogP contribution < -0.4 is 4.72 Å². The van der Waals surface area contributed by atoms with Gasteiger partial charge in [0, 0.05) is 12.2 Å². The van der Waals surface area contributed by atoms with Crippen LogP contribution in [0.25, 0.3) is 0 Å². The number of fused-ring (bicyclic) bond motifs is 1. The number of benzene rings is 1. The van der Waals surface area contributed by atoms with Crippen LogP contribution in [0.2, 0.25) is 5.15 Å². The normalized spacial score (nSPS) is 18.2. The summed E-state index contributed by atoms with van der Waals surface area (Å²) in [7, 11) is -3.60. The fourth-order valence-corrected chi connectivity index (χ4v) is 4.18. The molecule has 4 nitrogen and oxygen atoms in total. The minimum Gasteiger partial charge on any atom is -0.244 e. The Bertz CT molecular complexity index is 762. The number of rotatable bonds is 3. The first kappa shape index (κ1) is 14.5. The highest BCUT2D eigenvalue weighted by molar-refractivity contribution is 7.89. The quantitative estimate of drug-likeness (QED) is 0.883. The van der Waals surface area contributed by atoms with E-state index < -0.39 is 10.0 Å². The fraction of sp³-hybridized carbons (Fsp3) is 0.267. The van der Waals surface area contributed by atoms with Crippen molar-refractivity contribution in [2.45, 2.75) is 30.2 Å². The molecule has 2 aromatic rings. The van der Waals surface area contributed by atoms with Gasteiger partial charge in [-0.15, -0.1) is 0 Å². The van der Waals surface area contributed by atoms with Crippen LogP contribution in [0.4, 0.5) is 0 Å². The van der Waals surface area contributed by atoms with Gasteiger partial charge < -0.3 is 0 Å². The summed E-state index contributed by atoms with van der Waals surface area (Å²) in [5.41, 5.74) is 2.27. The van der Waals surface area contributed by atoms with Gasteiger partial charge in [0.15, 0.2) is 0 Å². The first-order chi connectivity index (χ1) is 10.1. The lowest BCUT2D eigenvalue weighted by Gasteiger charge is -2.26. The Balaban J connectivity index is 1.90. The predicted molar refractivity (Wildman–Crippen MR) is 81.7 cm³/mol. The Labute approximate surface area is 129 Å². The van der Waals surface area contributed by atoms with Crippen LogP contribution in [0.15, 0.2) is 47.5 Å². The van der Waals surface area contributed by atoms with E-state index in [4.69, 9.17) is 11.6 Å². The summed E-state index contributed by atoms with van der Waals surface area (Å²) >= 11 is 5.77. The van der Waals surface area contributed by atoms with E-state index in [9.17, 15) is 8.42 Å². The Morgan fingerprint density at radius 3 is 2.86 bits per heavy atom. The van der Waals surface area contributed by atoms with E-state index in [0.29, 0.717) is 0 Å². The lowest BCUT2D eigenvalue weighted by molar-refractivity contribution is 0.507. The summed E-state index contributed by atoms with van der Waals surface area (Å²) in [5, 5.41) is 0.168. The molecule has 21 heavy (non-hydrogen) atoms. The van der Waals surface area contributed by atoms with E-state index in [1.54, 1.807) is 0 Å². The SMILES string of the molecule is O=S(=O)(NC1CCCc2ccccc21)c1ccnc(Cl)c1. The maximum absolute atomic E-state index is 12.5. The van der Waals surface area contributed by atoms with Crippen LogP contribution >= 0.6 is 11.6 Å². The summed E-state index contributed by atoms with van der Waals surface area (Å²) in [5.74, 6) is 0. The van der Waals surface area contributed by atoms with Crippen LogP contribution in [-0.2, 0) is 16.4 Å². The number of sulfonamides is 1. The van der Waals surface area contributed by atoms with Crippen molar-refractivity contribution in [3.05, 3.63) is 58.9 Å². The van der Waals surface area contributed by atoms with E-state index >= 15 is 0 Å². The van der Waals surface area contributed by atoms with Crippen LogP contribution in [-0.4, -0.2) is 13.4 Å². The second-order valence-corrected chi connectivity index (χ2v) is 7.18. The summed E-state index contributed by atoms with van der Waals surface area (Å²) in [4.78, 5) is 3.95. The number of hydrogen-bond donors (Lipinski definition) is 1. The minimum absolute atomic E-state index is 0.144. The molecule has 1 aliphatic carbocycles. The van der Waals surface area contributed by atoms with E-state index in [-0.39, 0.29) is 16.1 Å². The highest BCUT2D eigenvalue weighted by atomic mass is 35.5. The molecule has 110 valence electrons. The largest absolute Gasteiger partial charge is 0.244 e. The van der Waals surface area contributed by atoms with Gasteiger partial charge in [0.1, 0.15) is 5.15 Å². The number of aryl methyl sites for hydroxylation is 1. The van der Waals surface area contributed by atoms with Gasteiger partial charge in [0.2, 0.25) is 10.0 Å². The Hall–Kier alpha value is -1.43. The lowest BCUT2D eigenvalue weighted by Crippen LogP contribution is -2.31. The maximum Gasteiger partial charge on any atom is 0.241 e. The Morgan fingerprint density at radius 1 is 1.24 bits per heavy atom. The molecule has 6 heteroatoms. The topological polar surface area (TPSA) is 59.1 Å². The molecule has 0 fully saturated rings. The predicted octanol–water partition coefficient (Wildman–Crippen LogP) is 3.09. The molecule has 0 radical (unpaired) electrons. The van der Waals surface area contributed by atoms with E-state index in [1.165, 1.54) is 23.9 Å². The molecule has 0 amide bonds. The summed E-state index contributed by atoms with van der Waals surface area (Å²) in [6.07, 6.45) is 4.16. The highest BCUT2D eigenvalue weighted by Crippen LogP contribution is 2.30. The molecule has 1 heterocycles. The van der Waals surface area contributed by atoms with Crippen LogP contribution in [0.3, 0.4) is 0 Å². The number of aromatic nitrogens is 1. The number of nitrogens with one attached hydrogen (secondary N) is 1. The summed E-state index contributed by atoms with van der Waals surface area (Å²) < 4.78 is 27.7. The van der Waals surface area contributed by atoms with Crippen LogP contribution in [0.5, 0.6) is 0 Å². The van der Waals surface area contributed by atoms with Gasteiger partial charge in [-0.2, -0.15) is 0 Å². The van der Waals surface area contributed by atoms with Crippen molar-refractivity contribution in [2.75, 3.05) is 0 Å². The first-order valence-corrected chi connectivity index (χ1v) is 8.64. The molecule has 1 aromatic heterocycles. The molecule has 1 unspecified atom stereocenters. The minimum atomic E-state index is -3.60. The van der Waals surface area contributed by atoms with Gasteiger partial charge in [0.25, 0.3) is 0 Å². The molecular formula is C15H15ClN2O2S. The fourth-order valence-electron chi connectivity index (χ4n) is 2.68. The van der Waals surface area contributed by atoms with Crippen molar-refractivity contribution >= 4 is 21.6 Å². The highest BCUT2D eigenvalue weighted by Gasteiger charge is 2.25. The second-order valence-electron chi connectivity index (χ2n) is 5.08. The van der Waals surface area contributed by atoms with Gasteiger partial charge >= 0.3 is 0 Å². The molecule has 1 atom stereocenters. The molecule has 0 saturated carbocycles. The Morgan fingerprint density at radius 2 is 2.05 bits per heavy atom. The molecule has 1 N–H and O–H groups in total. The molecule has 0 saturated heterocycles. The van der Waals surface area contributed by atoms with Crippen molar-refractivity contribution < 1.29 is 8.42 Å². The monoisotopic (exact) mass is 322 g/mol. The van der Waals surface area contributed by atoms with E-state index in [1.807, 2.05) is 18.2 Å². The molecular weight excluding hydrogens is 308 g/mol. The number of nitrogens with zero attached hydrogens (tertiary/aromatic N) is 1. The summed E-state index contributed by atoms with van der Waals surface area (Å²) in [6.45, 7) is 0. The lowest BCUT2D eigenvalue weighted by atomic mass is 9.88. The van der Waals surface area contributed by atoms with Crippen molar-refractivity contribution in [3.8, 4) is 0 Å². The third-order valence-electron chi connectivity index (χ3n) is 3.68. The molecule has 0 spiro atoms. The third kappa shape index (κ3) is 3.10. The smallest absolute Gasteiger partial charge is 0.241 e. The molecule has 1 aliphatic rings. The standard InChI is InChI=1S/C15H15ClN2O2S/c16-15-10-12(8-9-17-15)21(19,20)18-14-7-3-5-11-4-1-2-6-13(11)14/h1-2,4,6,8-10,14,18H,3,5,7H2. The first-order valence-electron chi connectivity index (χ1n) is 6.78. The number of halogens is 1. The van der Waals surface area contributed by atoms with Gasteiger partial charge in [0.05, 0.1) is 4.90 Å². The van der Waals surface area contributed by atoms with Crippen molar-refractivity contribution in [1.29, 1.82) is 0 Å². The zero-order chi connectivity index (χ0) is 14.9. The van der Waals surface area contributed by atoms with Gasteiger partial charge in [-0.25, -0.2) is 18.1 Å². The zero-order valence-electron chi connectivity index (χ0n) is 11.3. The molecule has 3 rings (SSSR count). The Kier molecular flexibility index (Phi) is 3.97. The van der Waals surface area contributed by atoms with Gasteiger partial charge in [-0.3, -0.25) is 0 Å². The van der Waals surface area contributed by atoms with Crippen LogP contribution in [0, 0.1) is 0 Å². The average Bonchev–Trinajstić information content (AvgIpc) is 2.47. The maximum atomic E-state index is 12.5. The second kappa shape index (κ2) is 5.75. The van der Waals surface area contributed by atoms with Crippen LogP contribution in [0.1, 0.15) is 30.0 Å². The van der Waals surface area contributed by atoms with Crippen molar-refractivity contribution in [2.24, 2.45) is 0 Å². The average molecular weight is 323 g/mol. The zero-order valence-corrected chi connectivity index (χ0v) is 12.9. The molecule has 1 aromatic carbocycles. The van der Waals surface area contributed by atoms with Gasteiger partial charge in [-0.05, 0) is 42.5 Å². The summed E-state index contributed by atoms with van der Waals surface area (Å²) in [6, 6.07) is 10.6. The third-order valence-corrected chi connectivity index (χ3v) is 5.35. The van der Waals surface area contributed by atoms with Gasteiger partial charge in [-0.1, -0.05) is 35.9 Å². The van der Waals surface area contributed by atoms with E-state index in [2.05, 4.69) is 15.8 Å². The van der Waals surface area contributed by atoms with Crippen molar-refractivity contribution in [3.63, 3.8) is 0 Å². The number of hydrogen-bond acceptors (Lipinski definition) is 3.